The van der Waals surface area contributed by atoms with Crippen LogP contribution >= 0.6 is 0 Å². The Bertz CT molecular complexity index is 834. The molecule has 0 N–H and O–H groups in total. The van der Waals surface area contributed by atoms with E-state index in [1.807, 2.05) is 0 Å². The van der Waals surface area contributed by atoms with Gasteiger partial charge >= 0.3 is 11.9 Å². The van der Waals surface area contributed by atoms with E-state index in [4.69, 9.17) is 9.47 Å². The van der Waals surface area contributed by atoms with Crippen LogP contribution in [0.15, 0.2) is 0 Å². The molecule has 5 heteroatoms. The highest BCUT2D eigenvalue weighted by Gasteiger charge is 2.66. The number of nitriles is 1. The molecule has 0 spiro atoms. The van der Waals surface area contributed by atoms with Crippen LogP contribution in [0.2, 0.25) is 0 Å². The van der Waals surface area contributed by atoms with Gasteiger partial charge in [0.1, 0.15) is 12.2 Å². The quantitative estimate of drug-likeness (QED) is 0.440. The van der Waals surface area contributed by atoms with Gasteiger partial charge in [-0.2, -0.15) is 5.26 Å². The van der Waals surface area contributed by atoms with Gasteiger partial charge in [-0.05, 0) is 97.7 Å². The Hall–Kier alpha value is -1.57. The molecule has 0 bridgehead atoms. The van der Waals surface area contributed by atoms with Gasteiger partial charge in [-0.15, -0.1) is 0 Å². The lowest BCUT2D eigenvalue weighted by atomic mass is 9.41. The van der Waals surface area contributed by atoms with E-state index >= 15 is 0 Å². The molecule has 0 heterocycles. The van der Waals surface area contributed by atoms with E-state index in [1.54, 1.807) is 6.92 Å². The Kier molecular flexibility index (Phi) is 7.11. The third-order valence-electron chi connectivity index (χ3n) is 11.1. The molecule has 0 aromatic heterocycles. The highest BCUT2D eigenvalue weighted by molar-refractivity contribution is 5.66. The molecule has 34 heavy (non-hydrogen) atoms. The zero-order valence-electron chi connectivity index (χ0n) is 22.1. The first-order valence-electron chi connectivity index (χ1n) is 13.8. The molecule has 0 saturated heterocycles. The molecule has 0 radical (unpaired) electrons. The highest BCUT2D eigenvalue weighted by atomic mass is 16.5. The minimum absolute atomic E-state index is 0.0179. The second-order valence-electron chi connectivity index (χ2n) is 12.6. The average molecular weight is 472 g/mol. The van der Waals surface area contributed by atoms with Crippen molar-refractivity contribution in [1.82, 2.24) is 0 Å². The Morgan fingerprint density at radius 3 is 2.24 bits per heavy atom. The van der Waals surface area contributed by atoms with E-state index in [-0.39, 0.29) is 35.0 Å². The van der Waals surface area contributed by atoms with Gasteiger partial charge in [0.25, 0.3) is 0 Å². The molecule has 3 unspecified atom stereocenters. The van der Waals surface area contributed by atoms with E-state index in [2.05, 4.69) is 33.8 Å². The molecule has 190 valence electrons. The fourth-order valence-electron chi connectivity index (χ4n) is 9.87. The molecule has 0 amide bonds. The molecule has 4 aliphatic rings. The Labute approximate surface area is 206 Å². The number of hydrogen-bond donors (Lipinski definition) is 0. The summed E-state index contributed by atoms with van der Waals surface area (Å²) in [6.07, 6.45) is 9.19. The molecule has 4 aliphatic carbocycles. The number of fused-ring (bicyclic) bond motifs is 5. The zero-order valence-corrected chi connectivity index (χ0v) is 22.1. The number of ether oxygens (including phenoxy) is 2. The molecule has 4 rings (SSSR count). The van der Waals surface area contributed by atoms with Crippen LogP contribution in [0.5, 0.6) is 0 Å². The third kappa shape index (κ3) is 4.07. The predicted molar refractivity (Wildman–Crippen MR) is 130 cm³/mol. The zero-order chi connectivity index (χ0) is 24.8. The van der Waals surface area contributed by atoms with Crippen LogP contribution in [-0.2, 0) is 19.1 Å². The number of rotatable bonds is 5. The monoisotopic (exact) mass is 471 g/mol. The SMILES string of the molecule is CC[C@H]1[C@@H](OC(C)=O)C2[C@@H]3CC[C@H]([C@H](C)CC#N)C3(C)CC[C@@H]2C2(C)CC[C@@H](OC(C)=O)C[C@@H]12. The maximum atomic E-state index is 12.4. The van der Waals surface area contributed by atoms with Crippen LogP contribution in [0.1, 0.15) is 99.3 Å². The second-order valence-corrected chi connectivity index (χ2v) is 12.6. The van der Waals surface area contributed by atoms with Crippen LogP contribution in [-0.4, -0.2) is 24.1 Å². The van der Waals surface area contributed by atoms with Crippen LogP contribution in [0.3, 0.4) is 0 Å². The van der Waals surface area contributed by atoms with Gasteiger partial charge in [0.15, 0.2) is 0 Å². The molecular formula is C29H45NO4. The summed E-state index contributed by atoms with van der Waals surface area (Å²) in [6, 6.07) is 2.42. The Balaban J connectivity index is 1.71. The Morgan fingerprint density at radius 2 is 1.62 bits per heavy atom. The lowest BCUT2D eigenvalue weighted by molar-refractivity contribution is -0.219. The van der Waals surface area contributed by atoms with Gasteiger partial charge in [-0.25, -0.2) is 0 Å². The number of hydrogen-bond acceptors (Lipinski definition) is 5. The molecule has 5 nitrogen and oxygen atoms in total. The summed E-state index contributed by atoms with van der Waals surface area (Å²) in [5.41, 5.74) is 0.405. The maximum Gasteiger partial charge on any atom is 0.302 e. The summed E-state index contributed by atoms with van der Waals surface area (Å²) in [7, 11) is 0. The van der Waals surface area contributed by atoms with Gasteiger partial charge in [0.05, 0.1) is 6.07 Å². The van der Waals surface area contributed by atoms with E-state index in [1.165, 1.54) is 32.6 Å². The van der Waals surface area contributed by atoms with Crippen molar-refractivity contribution in [2.45, 2.75) is 112 Å². The molecule has 4 saturated carbocycles. The number of carbonyl (C=O) groups is 2. The largest absolute Gasteiger partial charge is 0.463 e. The molecular weight excluding hydrogens is 426 g/mol. The fourth-order valence-corrected chi connectivity index (χ4v) is 9.87. The van der Waals surface area contributed by atoms with E-state index < -0.39 is 0 Å². The van der Waals surface area contributed by atoms with Gasteiger partial charge < -0.3 is 9.47 Å². The van der Waals surface area contributed by atoms with E-state index in [0.29, 0.717) is 47.8 Å². The smallest absolute Gasteiger partial charge is 0.302 e. The summed E-state index contributed by atoms with van der Waals surface area (Å²) in [5.74, 6) is 2.79. The average Bonchev–Trinajstić information content (AvgIpc) is 3.11. The van der Waals surface area contributed by atoms with Crippen molar-refractivity contribution in [2.24, 2.45) is 52.3 Å². The maximum absolute atomic E-state index is 12.4. The van der Waals surface area contributed by atoms with E-state index in [0.717, 1.165) is 25.7 Å². The van der Waals surface area contributed by atoms with Gasteiger partial charge in [0, 0.05) is 26.2 Å². The van der Waals surface area contributed by atoms with Crippen molar-refractivity contribution in [2.75, 3.05) is 0 Å². The van der Waals surface area contributed by atoms with Gasteiger partial charge in [-0.1, -0.05) is 27.7 Å². The van der Waals surface area contributed by atoms with Crippen molar-refractivity contribution in [1.29, 1.82) is 5.26 Å². The standard InChI is InChI=1S/C29H45NO4/c1-7-21-25-16-20(33-18(3)31)10-13-29(25,6)24-11-14-28(5)22(17(2)12-15-30)8-9-23(28)26(24)27(21)34-19(4)32/h17,20-27H,7-14,16H2,1-6H3/t17-,20-,21-,22-,23+,24+,25+,26?,27-,28?,29?/m1/s1. The van der Waals surface area contributed by atoms with Gasteiger partial charge in [0.2, 0.25) is 0 Å². The van der Waals surface area contributed by atoms with Crippen molar-refractivity contribution >= 4 is 11.9 Å². The van der Waals surface area contributed by atoms with Crippen LogP contribution in [0.25, 0.3) is 0 Å². The molecule has 0 aromatic carbocycles. The van der Waals surface area contributed by atoms with Gasteiger partial charge in [-0.3, -0.25) is 9.59 Å². The lowest BCUT2D eigenvalue weighted by Crippen LogP contribution is -2.63. The Morgan fingerprint density at radius 1 is 0.971 bits per heavy atom. The number of nitrogens with zero attached hydrogens (tertiary/aromatic N) is 1. The molecule has 0 aromatic rings. The molecule has 4 fully saturated rings. The topological polar surface area (TPSA) is 76.4 Å². The summed E-state index contributed by atoms with van der Waals surface area (Å²) in [5, 5.41) is 9.37. The van der Waals surface area contributed by atoms with Crippen LogP contribution < -0.4 is 0 Å². The first-order chi connectivity index (χ1) is 16.1. The highest BCUT2D eigenvalue weighted by Crippen LogP contribution is 2.70. The summed E-state index contributed by atoms with van der Waals surface area (Å²) >= 11 is 0. The molecule has 0 aliphatic heterocycles. The summed E-state index contributed by atoms with van der Waals surface area (Å²) < 4.78 is 12.0. The van der Waals surface area contributed by atoms with Crippen molar-refractivity contribution in [3.63, 3.8) is 0 Å². The summed E-state index contributed by atoms with van der Waals surface area (Å²) in [4.78, 5) is 24.1. The van der Waals surface area contributed by atoms with Crippen molar-refractivity contribution < 1.29 is 19.1 Å². The first-order valence-corrected chi connectivity index (χ1v) is 13.8. The van der Waals surface area contributed by atoms with Crippen LogP contribution in [0, 0.1) is 63.6 Å². The predicted octanol–water partition coefficient (Wildman–Crippen LogP) is 6.30. The minimum atomic E-state index is -0.191. The van der Waals surface area contributed by atoms with Crippen LogP contribution in [0.4, 0.5) is 0 Å². The van der Waals surface area contributed by atoms with Crippen molar-refractivity contribution in [3.8, 4) is 6.07 Å². The summed E-state index contributed by atoms with van der Waals surface area (Å²) in [6.45, 7) is 12.6. The first kappa shape index (κ1) is 25.5. The minimum Gasteiger partial charge on any atom is -0.463 e. The lowest BCUT2D eigenvalue weighted by Gasteiger charge is -2.65. The molecule has 11 atom stereocenters. The van der Waals surface area contributed by atoms with Crippen molar-refractivity contribution in [3.05, 3.63) is 0 Å². The number of carbonyl (C=O) groups excluding carboxylic acids is 2. The normalized spacial score (nSPS) is 46.3. The third-order valence-corrected chi connectivity index (χ3v) is 11.1. The second kappa shape index (κ2) is 9.47. The van der Waals surface area contributed by atoms with E-state index in [9.17, 15) is 14.9 Å². The number of esters is 2. The fraction of sp³-hybridized carbons (Fsp3) is 0.897.